The van der Waals surface area contributed by atoms with Gasteiger partial charge < -0.3 is 5.32 Å². The Balaban J connectivity index is 2.41. The van der Waals surface area contributed by atoms with Crippen LogP contribution >= 0.6 is 22.6 Å². The first-order valence-corrected chi connectivity index (χ1v) is 8.04. The molecule has 0 radical (unpaired) electrons. The van der Waals surface area contributed by atoms with Crippen molar-refractivity contribution >= 4 is 28.4 Å². The molecule has 0 aliphatic heterocycles. The van der Waals surface area contributed by atoms with Crippen LogP contribution in [-0.2, 0) is 13.0 Å². The summed E-state index contributed by atoms with van der Waals surface area (Å²) in [6.45, 7) is 5.22. The van der Waals surface area contributed by atoms with Crippen LogP contribution in [-0.4, -0.2) is 26.8 Å². The highest BCUT2D eigenvalue weighted by molar-refractivity contribution is 14.1. The molecule has 2 aromatic rings. The normalized spacial score (nSPS) is 10.8. The lowest BCUT2D eigenvalue weighted by atomic mass is 10.2. The number of aromatic nitrogens is 4. The summed E-state index contributed by atoms with van der Waals surface area (Å²) in [6.07, 6.45) is 6.96. The Labute approximate surface area is 133 Å². The van der Waals surface area contributed by atoms with E-state index >= 15 is 0 Å². The molecule has 0 atom stereocenters. The van der Waals surface area contributed by atoms with E-state index in [1.54, 1.807) is 0 Å². The molecule has 0 aromatic carbocycles. The standard InChI is InChI=1S/C14H20IN5/c1-4-6-11-12(15)14(16-3)19-13(18-11)10-8-17-20(9-10)7-5-2/h8-9H,4-7H2,1-3H3,(H,16,18,19). The molecule has 0 unspecified atom stereocenters. The van der Waals surface area contributed by atoms with Crippen LogP contribution in [0.3, 0.4) is 0 Å². The number of nitrogens with one attached hydrogen (secondary N) is 1. The molecule has 0 fully saturated rings. The average molecular weight is 385 g/mol. The molecule has 0 spiro atoms. The molecule has 108 valence electrons. The van der Waals surface area contributed by atoms with Crippen molar-refractivity contribution in [3.05, 3.63) is 21.7 Å². The van der Waals surface area contributed by atoms with E-state index in [0.717, 1.165) is 52.3 Å². The van der Waals surface area contributed by atoms with Gasteiger partial charge in [0.1, 0.15) is 5.82 Å². The van der Waals surface area contributed by atoms with Crippen molar-refractivity contribution in [3.8, 4) is 11.4 Å². The van der Waals surface area contributed by atoms with Gasteiger partial charge in [-0.1, -0.05) is 20.3 Å². The molecule has 0 saturated carbocycles. The Morgan fingerprint density at radius 2 is 2.05 bits per heavy atom. The number of hydrogen-bond acceptors (Lipinski definition) is 4. The SMILES string of the molecule is CCCc1nc(-c2cnn(CCC)c2)nc(NC)c1I. The van der Waals surface area contributed by atoms with Crippen molar-refractivity contribution in [3.63, 3.8) is 0 Å². The fourth-order valence-corrected chi connectivity index (χ4v) is 2.80. The second kappa shape index (κ2) is 7.01. The largest absolute Gasteiger partial charge is 0.372 e. The van der Waals surface area contributed by atoms with Crippen LogP contribution < -0.4 is 5.32 Å². The van der Waals surface area contributed by atoms with Crippen molar-refractivity contribution < 1.29 is 0 Å². The van der Waals surface area contributed by atoms with Gasteiger partial charge in [-0.3, -0.25) is 4.68 Å². The van der Waals surface area contributed by atoms with E-state index in [4.69, 9.17) is 4.98 Å². The molecule has 0 bridgehead atoms. The number of halogens is 1. The molecule has 2 rings (SSSR count). The van der Waals surface area contributed by atoms with Crippen LogP contribution in [0.25, 0.3) is 11.4 Å². The average Bonchev–Trinajstić information content (AvgIpc) is 2.90. The Morgan fingerprint density at radius 3 is 2.70 bits per heavy atom. The van der Waals surface area contributed by atoms with E-state index < -0.39 is 0 Å². The van der Waals surface area contributed by atoms with Gasteiger partial charge in [-0.05, 0) is 35.4 Å². The first-order valence-electron chi connectivity index (χ1n) is 6.96. The highest BCUT2D eigenvalue weighted by atomic mass is 127. The highest BCUT2D eigenvalue weighted by Gasteiger charge is 2.13. The van der Waals surface area contributed by atoms with Crippen LogP contribution in [0.15, 0.2) is 12.4 Å². The molecule has 0 amide bonds. The Bertz CT molecular complexity index is 579. The van der Waals surface area contributed by atoms with Crippen molar-refractivity contribution in [2.24, 2.45) is 0 Å². The molecule has 2 heterocycles. The second-order valence-corrected chi connectivity index (χ2v) is 5.73. The maximum absolute atomic E-state index is 4.70. The second-order valence-electron chi connectivity index (χ2n) is 4.65. The van der Waals surface area contributed by atoms with Gasteiger partial charge >= 0.3 is 0 Å². The third-order valence-electron chi connectivity index (χ3n) is 2.99. The van der Waals surface area contributed by atoms with E-state index in [9.17, 15) is 0 Å². The fraction of sp³-hybridized carbons (Fsp3) is 0.500. The summed E-state index contributed by atoms with van der Waals surface area (Å²) in [5.74, 6) is 1.64. The summed E-state index contributed by atoms with van der Waals surface area (Å²) in [5, 5.41) is 7.50. The van der Waals surface area contributed by atoms with Crippen molar-refractivity contribution in [2.45, 2.75) is 39.7 Å². The summed E-state index contributed by atoms with van der Waals surface area (Å²) in [7, 11) is 1.89. The number of anilines is 1. The highest BCUT2D eigenvalue weighted by Crippen LogP contribution is 2.24. The fourth-order valence-electron chi connectivity index (χ4n) is 2.02. The van der Waals surface area contributed by atoms with E-state index in [1.165, 1.54) is 0 Å². The van der Waals surface area contributed by atoms with Crippen LogP contribution in [0, 0.1) is 3.57 Å². The monoisotopic (exact) mass is 385 g/mol. The molecule has 5 nitrogen and oxygen atoms in total. The van der Waals surface area contributed by atoms with Gasteiger partial charge in [-0.25, -0.2) is 9.97 Å². The van der Waals surface area contributed by atoms with Crippen LogP contribution in [0.2, 0.25) is 0 Å². The van der Waals surface area contributed by atoms with Gasteiger partial charge in [0, 0.05) is 19.8 Å². The Morgan fingerprint density at radius 1 is 1.25 bits per heavy atom. The van der Waals surface area contributed by atoms with Gasteiger partial charge in [0.25, 0.3) is 0 Å². The molecule has 2 aromatic heterocycles. The number of nitrogens with zero attached hydrogens (tertiary/aromatic N) is 4. The summed E-state index contributed by atoms with van der Waals surface area (Å²) in [5.41, 5.74) is 2.08. The van der Waals surface area contributed by atoms with Crippen LogP contribution in [0.5, 0.6) is 0 Å². The van der Waals surface area contributed by atoms with Gasteiger partial charge in [0.2, 0.25) is 0 Å². The number of rotatable bonds is 6. The van der Waals surface area contributed by atoms with Crippen molar-refractivity contribution in [1.29, 1.82) is 0 Å². The number of hydrogen-bond donors (Lipinski definition) is 1. The lowest BCUT2D eigenvalue weighted by Crippen LogP contribution is -2.05. The summed E-state index contributed by atoms with van der Waals surface area (Å²) >= 11 is 2.31. The maximum atomic E-state index is 4.70. The first-order chi connectivity index (χ1) is 9.69. The minimum Gasteiger partial charge on any atom is -0.372 e. The Kier molecular flexibility index (Phi) is 5.33. The molecule has 0 saturated heterocycles. The predicted molar refractivity (Wildman–Crippen MR) is 89.8 cm³/mol. The first kappa shape index (κ1) is 15.2. The van der Waals surface area contributed by atoms with Gasteiger partial charge in [-0.2, -0.15) is 5.10 Å². The lowest BCUT2D eigenvalue weighted by Gasteiger charge is -2.09. The summed E-state index contributed by atoms with van der Waals surface area (Å²) < 4.78 is 3.05. The zero-order valence-corrected chi connectivity index (χ0v) is 14.3. The minimum absolute atomic E-state index is 0.751. The minimum atomic E-state index is 0.751. The zero-order valence-electron chi connectivity index (χ0n) is 12.1. The molecule has 1 N–H and O–H groups in total. The van der Waals surface area contributed by atoms with Gasteiger partial charge in [0.15, 0.2) is 5.82 Å². The topological polar surface area (TPSA) is 55.6 Å². The quantitative estimate of drug-likeness (QED) is 0.775. The molecular formula is C14H20IN5. The van der Waals surface area contributed by atoms with Gasteiger partial charge in [0.05, 0.1) is 21.0 Å². The third-order valence-corrected chi connectivity index (χ3v) is 4.12. The third kappa shape index (κ3) is 3.28. The molecule has 0 aliphatic rings. The van der Waals surface area contributed by atoms with Crippen LogP contribution in [0.4, 0.5) is 5.82 Å². The molecule has 6 heteroatoms. The molecular weight excluding hydrogens is 365 g/mol. The smallest absolute Gasteiger partial charge is 0.165 e. The summed E-state index contributed by atoms with van der Waals surface area (Å²) in [4.78, 5) is 9.30. The molecule has 20 heavy (non-hydrogen) atoms. The van der Waals surface area contributed by atoms with Gasteiger partial charge in [-0.15, -0.1) is 0 Å². The van der Waals surface area contributed by atoms with Crippen molar-refractivity contribution in [1.82, 2.24) is 19.7 Å². The van der Waals surface area contributed by atoms with Crippen molar-refractivity contribution in [2.75, 3.05) is 12.4 Å². The van der Waals surface area contributed by atoms with E-state index in [2.05, 4.69) is 51.8 Å². The van der Waals surface area contributed by atoms with E-state index in [-0.39, 0.29) is 0 Å². The molecule has 0 aliphatic carbocycles. The maximum Gasteiger partial charge on any atom is 0.165 e. The number of aryl methyl sites for hydroxylation is 2. The zero-order chi connectivity index (χ0) is 14.5. The van der Waals surface area contributed by atoms with E-state index in [0.29, 0.717) is 0 Å². The van der Waals surface area contributed by atoms with Crippen LogP contribution in [0.1, 0.15) is 32.4 Å². The summed E-state index contributed by atoms with van der Waals surface area (Å²) in [6, 6.07) is 0. The predicted octanol–water partition coefficient (Wildman–Crippen LogP) is 3.35. The Hall–Kier alpha value is -1.18. The van der Waals surface area contributed by atoms with E-state index in [1.807, 2.05) is 24.1 Å². The lowest BCUT2D eigenvalue weighted by molar-refractivity contribution is 0.603.